The maximum atomic E-state index is 12.1. The smallest absolute Gasteiger partial charge is 0.265 e. The fourth-order valence-corrected chi connectivity index (χ4v) is 2.96. The molecule has 0 bridgehead atoms. The van der Waals surface area contributed by atoms with Gasteiger partial charge in [0.15, 0.2) is 0 Å². The highest BCUT2D eigenvalue weighted by Crippen LogP contribution is 2.16. The summed E-state index contributed by atoms with van der Waals surface area (Å²) in [5.74, 6) is 0.494. The molecule has 2 heterocycles. The van der Waals surface area contributed by atoms with Gasteiger partial charge in [0.1, 0.15) is 4.88 Å². The molecule has 2 unspecified atom stereocenters. The predicted octanol–water partition coefficient (Wildman–Crippen LogP) is 1.64. The van der Waals surface area contributed by atoms with Crippen molar-refractivity contribution in [1.82, 2.24) is 20.2 Å². The van der Waals surface area contributed by atoms with Crippen molar-refractivity contribution >= 4 is 29.8 Å². The van der Waals surface area contributed by atoms with E-state index in [-0.39, 0.29) is 24.4 Å². The van der Waals surface area contributed by atoms with Crippen molar-refractivity contribution in [3.63, 3.8) is 0 Å². The molecule has 0 radical (unpaired) electrons. The largest absolute Gasteiger partial charge is 0.348 e. The number of piperidine rings is 1. The van der Waals surface area contributed by atoms with Crippen LogP contribution in [0.3, 0.4) is 0 Å². The van der Waals surface area contributed by atoms with Gasteiger partial charge in [-0.25, -0.2) is 0 Å². The van der Waals surface area contributed by atoms with E-state index in [1.807, 2.05) is 6.92 Å². The van der Waals surface area contributed by atoms with Crippen LogP contribution in [0.5, 0.6) is 0 Å². The molecule has 0 saturated carbocycles. The maximum absolute atomic E-state index is 12.1. The zero-order valence-corrected chi connectivity index (χ0v) is 12.9. The minimum absolute atomic E-state index is 0. The van der Waals surface area contributed by atoms with Gasteiger partial charge in [-0.2, -0.15) is 0 Å². The Morgan fingerprint density at radius 2 is 2.42 bits per heavy atom. The van der Waals surface area contributed by atoms with Crippen molar-refractivity contribution in [2.45, 2.75) is 39.2 Å². The Labute approximate surface area is 124 Å². The maximum Gasteiger partial charge on any atom is 0.265 e. The molecular formula is C12H21ClN4OS. The van der Waals surface area contributed by atoms with E-state index in [4.69, 9.17) is 0 Å². The first kappa shape index (κ1) is 16.3. The fraction of sp³-hybridized carbons (Fsp3) is 0.750. The summed E-state index contributed by atoms with van der Waals surface area (Å²) in [6.45, 7) is 6.15. The SMILES string of the molecule is CCc1nnsc1C(=O)NC(C)C1CCCNC1.Cl. The van der Waals surface area contributed by atoms with Crippen molar-refractivity contribution in [1.29, 1.82) is 0 Å². The summed E-state index contributed by atoms with van der Waals surface area (Å²) in [5, 5.41) is 10.4. The van der Waals surface area contributed by atoms with Crippen LogP contribution in [0.4, 0.5) is 0 Å². The average Bonchev–Trinajstić information content (AvgIpc) is 2.88. The van der Waals surface area contributed by atoms with E-state index in [1.54, 1.807) is 0 Å². The molecule has 0 aliphatic carbocycles. The lowest BCUT2D eigenvalue weighted by atomic mass is 9.93. The third kappa shape index (κ3) is 4.12. The average molecular weight is 305 g/mol. The number of hydrogen-bond acceptors (Lipinski definition) is 5. The van der Waals surface area contributed by atoms with E-state index in [9.17, 15) is 4.79 Å². The molecule has 1 aromatic heterocycles. The van der Waals surface area contributed by atoms with Crippen LogP contribution in [0.1, 0.15) is 42.1 Å². The molecule has 1 aliphatic rings. The van der Waals surface area contributed by atoms with Crippen LogP contribution in [0.25, 0.3) is 0 Å². The fourth-order valence-electron chi connectivity index (χ4n) is 2.31. The number of nitrogens with zero attached hydrogens (tertiary/aromatic N) is 2. The van der Waals surface area contributed by atoms with E-state index >= 15 is 0 Å². The second kappa shape index (κ2) is 7.77. The molecule has 1 aliphatic heterocycles. The van der Waals surface area contributed by atoms with Crippen LogP contribution in [0, 0.1) is 5.92 Å². The zero-order chi connectivity index (χ0) is 13.0. The molecule has 19 heavy (non-hydrogen) atoms. The molecule has 2 N–H and O–H groups in total. The standard InChI is InChI=1S/C12H20N4OS.ClH/c1-3-10-11(18-16-15-10)12(17)14-8(2)9-5-4-6-13-7-9;/h8-9,13H,3-7H2,1-2H3,(H,14,17);1H. The molecule has 2 atom stereocenters. The predicted molar refractivity (Wildman–Crippen MR) is 79.1 cm³/mol. The van der Waals surface area contributed by atoms with E-state index in [0.717, 1.165) is 25.2 Å². The Balaban J connectivity index is 0.00000180. The molecule has 0 aromatic carbocycles. The van der Waals surface area contributed by atoms with Crippen molar-refractivity contribution in [3.8, 4) is 0 Å². The molecule has 1 saturated heterocycles. The van der Waals surface area contributed by atoms with Gasteiger partial charge in [0.05, 0.1) is 5.69 Å². The molecule has 1 fully saturated rings. The molecule has 7 heteroatoms. The first-order valence-electron chi connectivity index (χ1n) is 6.55. The number of aromatic nitrogens is 2. The van der Waals surface area contributed by atoms with Crippen LogP contribution in [-0.2, 0) is 6.42 Å². The topological polar surface area (TPSA) is 66.9 Å². The summed E-state index contributed by atoms with van der Waals surface area (Å²) in [7, 11) is 0. The highest BCUT2D eigenvalue weighted by molar-refractivity contribution is 7.08. The minimum atomic E-state index is -0.0278. The van der Waals surface area contributed by atoms with Gasteiger partial charge in [0.2, 0.25) is 0 Å². The van der Waals surface area contributed by atoms with Gasteiger partial charge in [0.25, 0.3) is 5.91 Å². The van der Waals surface area contributed by atoms with E-state index in [0.29, 0.717) is 10.8 Å². The summed E-state index contributed by atoms with van der Waals surface area (Å²) >= 11 is 1.18. The lowest BCUT2D eigenvalue weighted by molar-refractivity contribution is 0.0925. The minimum Gasteiger partial charge on any atom is -0.348 e. The van der Waals surface area contributed by atoms with Crippen molar-refractivity contribution < 1.29 is 4.79 Å². The van der Waals surface area contributed by atoms with Crippen molar-refractivity contribution in [2.24, 2.45) is 5.92 Å². The third-order valence-electron chi connectivity index (χ3n) is 3.50. The Morgan fingerprint density at radius 1 is 1.63 bits per heavy atom. The Morgan fingerprint density at radius 3 is 3.05 bits per heavy atom. The normalized spacial score (nSPS) is 20.4. The van der Waals surface area contributed by atoms with Gasteiger partial charge < -0.3 is 10.6 Å². The van der Waals surface area contributed by atoms with Gasteiger partial charge in [-0.3, -0.25) is 4.79 Å². The summed E-state index contributed by atoms with van der Waals surface area (Å²) < 4.78 is 3.85. The summed E-state index contributed by atoms with van der Waals surface area (Å²) in [6, 6.07) is 0.192. The first-order chi connectivity index (χ1) is 8.72. The van der Waals surface area contributed by atoms with Crippen molar-refractivity contribution in [3.05, 3.63) is 10.6 Å². The van der Waals surface area contributed by atoms with Gasteiger partial charge in [-0.15, -0.1) is 17.5 Å². The second-order valence-electron chi connectivity index (χ2n) is 4.77. The molecule has 1 amide bonds. The monoisotopic (exact) mass is 304 g/mol. The number of carbonyl (C=O) groups is 1. The van der Waals surface area contributed by atoms with Crippen LogP contribution >= 0.6 is 23.9 Å². The highest BCUT2D eigenvalue weighted by Gasteiger charge is 2.23. The summed E-state index contributed by atoms with van der Waals surface area (Å²) in [5.41, 5.74) is 0.798. The van der Waals surface area contributed by atoms with Crippen LogP contribution < -0.4 is 10.6 Å². The number of amides is 1. The van der Waals surface area contributed by atoms with Crippen LogP contribution in [0.2, 0.25) is 0 Å². The molecular weight excluding hydrogens is 284 g/mol. The quantitative estimate of drug-likeness (QED) is 0.887. The summed E-state index contributed by atoms with van der Waals surface area (Å²) in [6.07, 6.45) is 3.11. The number of aryl methyl sites for hydroxylation is 1. The number of rotatable bonds is 4. The Hall–Kier alpha value is -0.720. The number of nitrogens with one attached hydrogen (secondary N) is 2. The lowest BCUT2D eigenvalue weighted by Gasteiger charge is -2.28. The molecule has 2 rings (SSSR count). The van der Waals surface area contributed by atoms with Gasteiger partial charge in [0, 0.05) is 6.04 Å². The van der Waals surface area contributed by atoms with E-state index < -0.39 is 0 Å². The lowest BCUT2D eigenvalue weighted by Crippen LogP contribution is -2.44. The van der Waals surface area contributed by atoms with Crippen LogP contribution in [-0.4, -0.2) is 34.6 Å². The van der Waals surface area contributed by atoms with Crippen molar-refractivity contribution in [2.75, 3.05) is 13.1 Å². The Kier molecular flexibility index (Phi) is 6.68. The molecule has 1 aromatic rings. The number of hydrogen-bond donors (Lipinski definition) is 2. The molecule has 5 nitrogen and oxygen atoms in total. The molecule has 108 valence electrons. The van der Waals surface area contributed by atoms with Crippen LogP contribution in [0.15, 0.2) is 0 Å². The first-order valence-corrected chi connectivity index (χ1v) is 7.32. The highest BCUT2D eigenvalue weighted by atomic mass is 35.5. The van der Waals surface area contributed by atoms with Gasteiger partial charge >= 0.3 is 0 Å². The number of carbonyl (C=O) groups excluding carboxylic acids is 1. The summed E-state index contributed by atoms with van der Waals surface area (Å²) in [4.78, 5) is 12.8. The van der Waals surface area contributed by atoms with E-state index in [1.165, 1.54) is 24.4 Å². The third-order valence-corrected chi connectivity index (χ3v) is 4.26. The number of halogens is 1. The van der Waals surface area contributed by atoms with Gasteiger partial charge in [-0.05, 0) is 56.7 Å². The van der Waals surface area contributed by atoms with E-state index in [2.05, 4.69) is 27.1 Å². The molecule has 0 spiro atoms. The Bertz CT molecular complexity index is 406. The second-order valence-corrected chi connectivity index (χ2v) is 5.52. The zero-order valence-electron chi connectivity index (χ0n) is 11.3. The van der Waals surface area contributed by atoms with Gasteiger partial charge in [-0.1, -0.05) is 11.4 Å².